The van der Waals surface area contributed by atoms with Gasteiger partial charge in [-0.2, -0.15) is 0 Å². The third kappa shape index (κ3) is 7.60. The number of carbonyl (C=O) groups excluding carboxylic acids is 1. The summed E-state index contributed by atoms with van der Waals surface area (Å²) in [6.45, 7) is 10.4. The number of rotatable bonds is 8. The van der Waals surface area contributed by atoms with Crippen LogP contribution in [-0.4, -0.2) is 18.4 Å². The third-order valence-electron chi connectivity index (χ3n) is 3.82. The van der Waals surface area contributed by atoms with Gasteiger partial charge in [0.05, 0.1) is 11.4 Å². The van der Waals surface area contributed by atoms with Crippen LogP contribution in [0, 0.1) is 11.8 Å². The van der Waals surface area contributed by atoms with E-state index in [1.165, 1.54) is 0 Å². The molecule has 0 aliphatic heterocycles. The van der Waals surface area contributed by atoms with E-state index in [2.05, 4.69) is 27.7 Å². The number of nitrogens with zero attached hydrogens (tertiary/aromatic N) is 1. The molecule has 26 heavy (non-hydrogen) atoms. The van der Waals surface area contributed by atoms with Crippen LogP contribution in [0.15, 0.2) is 38.7 Å². The summed E-state index contributed by atoms with van der Waals surface area (Å²) < 4.78 is 4.98. The van der Waals surface area contributed by atoms with Crippen molar-refractivity contribution in [1.29, 1.82) is 0 Å². The van der Waals surface area contributed by atoms with Crippen LogP contribution in [0.3, 0.4) is 0 Å². The predicted octanol–water partition coefficient (Wildman–Crippen LogP) is 6.56. The fraction of sp³-hybridized carbons (Fsp3) is 0.474. The van der Waals surface area contributed by atoms with Gasteiger partial charge in [0, 0.05) is 19.8 Å². The number of allylic oxidation sites excluding steroid dienone is 2. The summed E-state index contributed by atoms with van der Waals surface area (Å²) >= 11 is 13.7. The Morgan fingerprint density at radius 2 is 1.81 bits per heavy atom. The zero-order chi connectivity index (χ0) is 19.9. The Morgan fingerprint density at radius 1 is 1.23 bits per heavy atom. The van der Waals surface area contributed by atoms with E-state index in [1.807, 2.05) is 19.1 Å². The Labute approximate surface area is 170 Å². The lowest BCUT2D eigenvalue weighted by atomic mass is 10.0. The van der Waals surface area contributed by atoms with Crippen LogP contribution < -0.4 is 5.73 Å². The molecule has 144 valence electrons. The van der Waals surface area contributed by atoms with Crippen LogP contribution in [0.2, 0.25) is 10.0 Å². The standard InChI is InChI=1S/C19H26Cl2N2O2S/c1-6-12(4)17(10-25-19(22)24)23-18(11(2)3)13(5)26-16-8-14(20)7-15(21)9-16/h7-9,11-12H,6,10H2,1-5H3,(H2,22,24)/b18-13+,23-17?. The van der Waals surface area contributed by atoms with Gasteiger partial charge in [-0.15, -0.1) is 0 Å². The molecule has 1 aromatic carbocycles. The molecule has 1 atom stereocenters. The molecule has 0 spiro atoms. The topological polar surface area (TPSA) is 64.7 Å². The van der Waals surface area contributed by atoms with E-state index in [1.54, 1.807) is 17.8 Å². The summed E-state index contributed by atoms with van der Waals surface area (Å²) in [4.78, 5) is 17.8. The van der Waals surface area contributed by atoms with Gasteiger partial charge in [0.15, 0.2) is 0 Å². The normalized spacial score (nSPS) is 14.2. The molecule has 1 unspecified atom stereocenters. The van der Waals surface area contributed by atoms with E-state index >= 15 is 0 Å². The molecule has 4 nitrogen and oxygen atoms in total. The first-order valence-electron chi connectivity index (χ1n) is 8.48. The second-order valence-electron chi connectivity index (χ2n) is 6.32. The van der Waals surface area contributed by atoms with Gasteiger partial charge in [0.1, 0.15) is 6.61 Å². The van der Waals surface area contributed by atoms with Crippen LogP contribution >= 0.6 is 35.0 Å². The van der Waals surface area contributed by atoms with Crippen molar-refractivity contribution in [3.05, 3.63) is 38.8 Å². The minimum atomic E-state index is -0.796. The van der Waals surface area contributed by atoms with Crippen molar-refractivity contribution in [2.24, 2.45) is 22.6 Å². The van der Waals surface area contributed by atoms with Crippen LogP contribution in [0.25, 0.3) is 0 Å². The minimum Gasteiger partial charge on any atom is -0.444 e. The maximum Gasteiger partial charge on any atom is 0.404 e. The van der Waals surface area contributed by atoms with Gasteiger partial charge < -0.3 is 10.5 Å². The number of carbonyl (C=O) groups is 1. The quantitative estimate of drug-likeness (QED) is 0.385. The highest BCUT2D eigenvalue weighted by molar-refractivity contribution is 8.03. The van der Waals surface area contributed by atoms with Gasteiger partial charge in [-0.3, -0.25) is 4.99 Å². The van der Waals surface area contributed by atoms with Crippen molar-refractivity contribution in [2.45, 2.75) is 45.9 Å². The molecule has 1 amide bonds. The van der Waals surface area contributed by atoms with Crippen LogP contribution in [0.4, 0.5) is 4.79 Å². The van der Waals surface area contributed by atoms with Crippen LogP contribution in [0.5, 0.6) is 0 Å². The maximum atomic E-state index is 11.0. The molecule has 7 heteroatoms. The van der Waals surface area contributed by atoms with Crippen LogP contribution in [0.1, 0.15) is 41.0 Å². The van der Waals surface area contributed by atoms with Crippen molar-refractivity contribution in [3.63, 3.8) is 0 Å². The average molecular weight is 417 g/mol. The Balaban J connectivity index is 3.23. The number of benzene rings is 1. The van der Waals surface area contributed by atoms with E-state index < -0.39 is 6.09 Å². The number of aliphatic imine (C=N–C) groups is 1. The summed E-state index contributed by atoms with van der Waals surface area (Å²) in [7, 11) is 0. The molecule has 0 saturated heterocycles. The largest absolute Gasteiger partial charge is 0.444 e. The number of hydrogen-bond acceptors (Lipinski definition) is 4. The molecule has 2 N–H and O–H groups in total. The molecule has 1 rings (SSSR count). The third-order valence-corrected chi connectivity index (χ3v) is 5.25. The monoisotopic (exact) mass is 416 g/mol. The zero-order valence-corrected chi connectivity index (χ0v) is 18.1. The fourth-order valence-electron chi connectivity index (χ4n) is 2.25. The Bertz CT molecular complexity index is 683. The summed E-state index contributed by atoms with van der Waals surface area (Å²) in [5, 5.41) is 1.19. The van der Waals surface area contributed by atoms with E-state index in [-0.39, 0.29) is 18.4 Å². The number of halogens is 2. The lowest BCUT2D eigenvalue weighted by molar-refractivity contribution is 0.171. The first-order chi connectivity index (χ1) is 12.1. The van der Waals surface area contributed by atoms with Crippen molar-refractivity contribution in [2.75, 3.05) is 6.61 Å². The van der Waals surface area contributed by atoms with Gasteiger partial charge in [0.25, 0.3) is 0 Å². The van der Waals surface area contributed by atoms with Gasteiger partial charge >= 0.3 is 6.09 Å². The van der Waals surface area contributed by atoms with Crippen LogP contribution in [-0.2, 0) is 4.74 Å². The van der Waals surface area contributed by atoms with Crippen molar-refractivity contribution in [1.82, 2.24) is 0 Å². The van der Waals surface area contributed by atoms with Crippen molar-refractivity contribution < 1.29 is 9.53 Å². The Morgan fingerprint density at radius 3 is 2.27 bits per heavy atom. The SMILES string of the molecule is CCC(C)C(COC(N)=O)=N/C(=C(\C)Sc1cc(Cl)cc(Cl)c1)C(C)C. The number of thioether (sulfide) groups is 1. The minimum absolute atomic E-state index is 0.0987. The lowest BCUT2D eigenvalue weighted by Crippen LogP contribution is -2.23. The molecule has 0 bridgehead atoms. The number of hydrogen-bond donors (Lipinski definition) is 1. The first kappa shape index (κ1) is 22.9. The fourth-order valence-corrected chi connectivity index (χ4v) is 4.02. The zero-order valence-electron chi connectivity index (χ0n) is 15.8. The van der Waals surface area contributed by atoms with Gasteiger partial charge in [-0.1, -0.05) is 62.7 Å². The smallest absolute Gasteiger partial charge is 0.404 e. The Kier molecular flexibility index (Phi) is 9.55. The molecule has 1 aromatic rings. The molecule has 0 aromatic heterocycles. The predicted molar refractivity (Wildman–Crippen MR) is 112 cm³/mol. The van der Waals surface area contributed by atoms with E-state index in [4.69, 9.17) is 38.7 Å². The van der Waals surface area contributed by atoms with Crippen molar-refractivity contribution in [3.8, 4) is 0 Å². The van der Waals surface area contributed by atoms with E-state index in [0.717, 1.165) is 27.6 Å². The van der Waals surface area contributed by atoms with Gasteiger partial charge in [-0.25, -0.2) is 4.79 Å². The van der Waals surface area contributed by atoms with Gasteiger partial charge in [0.2, 0.25) is 0 Å². The molecule has 0 heterocycles. The van der Waals surface area contributed by atoms with Gasteiger partial charge in [-0.05, 0) is 43.4 Å². The average Bonchev–Trinajstić information content (AvgIpc) is 2.52. The molecule has 0 fully saturated rings. The van der Waals surface area contributed by atoms with Crippen molar-refractivity contribution >= 4 is 46.8 Å². The number of ether oxygens (including phenoxy) is 1. The highest BCUT2D eigenvalue weighted by Gasteiger charge is 2.15. The van der Waals surface area contributed by atoms with E-state index in [0.29, 0.717) is 10.0 Å². The highest BCUT2D eigenvalue weighted by Crippen LogP contribution is 2.35. The molecular formula is C19H26Cl2N2O2S. The molecule has 0 aliphatic rings. The summed E-state index contributed by atoms with van der Waals surface area (Å²) in [6, 6.07) is 5.44. The molecule has 0 aliphatic carbocycles. The molecular weight excluding hydrogens is 391 g/mol. The summed E-state index contributed by atoms with van der Waals surface area (Å²) in [5.74, 6) is 0.381. The summed E-state index contributed by atoms with van der Waals surface area (Å²) in [5.41, 5.74) is 6.85. The number of primary amides is 1. The number of amides is 1. The maximum absolute atomic E-state index is 11.0. The lowest BCUT2D eigenvalue weighted by Gasteiger charge is -2.17. The van der Waals surface area contributed by atoms with E-state index in [9.17, 15) is 4.79 Å². The highest BCUT2D eigenvalue weighted by atomic mass is 35.5. The second-order valence-corrected chi connectivity index (χ2v) is 8.48. The molecule has 0 saturated carbocycles. The molecule has 0 radical (unpaired) electrons. The summed E-state index contributed by atoms with van der Waals surface area (Å²) in [6.07, 6.45) is 0.0957. The second kappa shape index (κ2) is 10.9. The Hall–Kier alpha value is -1.17. The number of nitrogens with two attached hydrogens (primary N) is 1. The first-order valence-corrected chi connectivity index (χ1v) is 10.1.